The molecule has 36 heavy (non-hydrogen) atoms. The highest BCUT2D eigenvalue weighted by molar-refractivity contribution is 7.90. The topological polar surface area (TPSA) is 83.5 Å². The number of sulfone groups is 1. The molecule has 2 aliphatic rings. The Bertz CT molecular complexity index is 1340. The second-order valence-electron chi connectivity index (χ2n) is 9.60. The fourth-order valence-electron chi connectivity index (χ4n) is 5.15. The molecule has 1 amide bonds. The monoisotopic (exact) mass is 508 g/mol. The van der Waals surface area contributed by atoms with E-state index in [4.69, 9.17) is 0 Å². The van der Waals surface area contributed by atoms with Gasteiger partial charge in [0.15, 0.2) is 9.84 Å². The summed E-state index contributed by atoms with van der Waals surface area (Å²) in [6.45, 7) is 2.20. The highest BCUT2D eigenvalue weighted by Gasteiger charge is 2.37. The number of halogens is 1. The molecule has 0 saturated carbocycles. The van der Waals surface area contributed by atoms with Gasteiger partial charge in [0.2, 0.25) is 11.9 Å². The lowest BCUT2D eigenvalue weighted by molar-refractivity contribution is -0.133. The Morgan fingerprint density at radius 3 is 2.28 bits per heavy atom. The summed E-state index contributed by atoms with van der Waals surface area (Å²) in [5, 5.41) is 0. The van der Waals surface area contributed by atoms with Crippen LogP contribution in [-0.4, -0.2) is 61.1 Å². The summed E-state index contributed by atoms with van der Waals surface area (Å²) < 4.78 is 37.9. The zero-order valence-corrected chi connectivity index (χ0v) is 21.0. The molecule has 0 spiro atoms. The van der Waals surface area contributed by atoms with Crippen LogP contribution in [0.3, 0.4) is 0 Å². The van der Waals surface area contributed by atoms with Gasteiger partial charge in [-0.1, -0.05) is 36.4 Å². The molecule has 2 aromatic carbocycles. The zero-order valence-electron chi connectivity index (χ0n) is 20.2. The summed E-state index contributed by atoms with van der Waals surface area (Å²) in [4.78, 5) is 26.3. The van der Waals surface area contributed by atoms with Gasteiger partial charge in [-0.2, -0.15) is 0 Å². The molecule has 2 fully saturated rings. The molecule has 9 heteroatoms. The molecule has 3 heterocycles. The molecule has 0 unspecified atom stereocenters. The number of hydrogen-bond acceptors (Lipinski definition) is 6. The summed E-state index contributed by atoms with van der Waals surface area (Å²) in [5.74, 6) is -0.0958. The SMILES string of the molecule is CS(=O)(=O)c1ccc(C[C@H]2CCN(C3CCN(c4ncc(-c5ccccc5)cn4)CC3)C2=O)c(F)c1. The second kappa shape index (κ2) is 9.97. The first-order chi connectivity index (χ1) is 17.3. The van der Waals surface area contributed by atoms with Crippen LogP contribution in [0.25, 0.3) is 11.1 Å². The van der Waals surface area contributed by atoms with E-state index in [1.165, 1.54) is 12.1 Å². The van der Waals surface area contributed by atoms with Crippen LogP contribution < -0.4 is 4.90 Å². The number of anilines is 1. The number of piperidine rings is 1. The molecule has 7 nitrogen and oxygen atoms in total. The molecule has 0 bridgehead atoms. The smallest absolute Gasteiger partial charge is 0.226 e. The van der Waals surface area contributed by atoms with Crippen molar-refractivity contribution in [2.24, 2.45) is 5.92 Å². The Morgan fingerprint density at radius 1 is 0.944 bits per heavy atom. The van der Waals surface area contributed by atoms with Crippen LogP contribution in [0, 0.1) is 11.7 Å². The molecule has 3 aromatic rings. The summed E-state index contributed by atoms with van der Waals surface area (Å²) in [7, 11) is -3.47. The first-order valence-corrected chi connectivity index (χ1v) is 14.1. The molecule has 1 aromatic heterocycles. The Kier molecular flexibility index (Phi) is 6.75. The van der Waals surface area contributed by atoms with E-state index < -0.39 is 15.7 Å². The van der Waals surface area contributed by atoms with Gasteiger partial charge < -0.3 is 9.80 Å². The predicted octanol–water partition coefficient (Wildman–Crippen LogP) is 3.75. The Balaban J connectivity index is 1.17. The summed E-state index contributed by atoms with van der Waals surface area (Å²) in [6.07, 6.45) is 7.37. The summed E-state index contributed by atoms with van der Waals surface area (Å²) in [5.41, 5.74) is 2.44. The van der Waals surface area contributed by atoms with Crippen LogP contribution in [0.5, 0.6) is 0 Å². The van der Waals surface area contributed by atoms with Crippen molar-refractivity contribution in [3.63, 3.8) is 0 Å². The Labute approximate surface area is 210 Å². The Morgan fingerprint density at radius 2 is 1.64 bits per heavy atom. The second-order valence-corrected chi connectivity index (χ2v) is 11.6. The van der Waals surface area contributed by atoms with Gasteiger partial charge in [-0.3, -0.25) is 4.79 Å². The van der Waals surface area contributed by atoms with Crippen LogP contribution in [-0.2, 0) is 21.1 Å². The van der Waals surface area contributed by atoms with Gasteiger partial charge in [0, 0.05) is 55.8 Å². The van der Waals surface area contributed by atoms with Gasteiger partial charge in [0.1, 0.15) is 5.82 Å². The van der Waals surface area contributed by atoms with E-state index in [-0.39, 0.29) is 29.2 Å². The first kappa shape index (κ1) is 24.4. The highest BCUT2D eigenvalue weighted by atomic mass is 32.2. The highest BCUT2D eigenvalue weighted by Crippen LogP contribution is 2.30. The number of amides is 1. The minimum Gasteiger partial charge on any atom is -0.341 e. The number of carbonyl (C=O) groups excluding carboxylic acids is 1. The summed E-state index contributed by atoms with van der Waals surface area (Å²) in [6, 6.07) is 14.1. The van der Waals surface area contributed by atoms with Gasteiger partial charge in [-0.15, -0.1) is 0 Å². The van der Waals surface area contributed by atoms with E-state index in [1.807, 2.05) is 47.6 Å². The zero-order chi connectivity index (χ0) is 25.3. The molecule has 2 saturated heterocycles. The maximum absolute atomic E-state index is 14.5. The number of aromatic nitrogens is 2. The van der Waals surface area contributed by atoms with Gasteiger partial charge >= 0.3 is 0 Å². The van der Waals surface area contributed by atoms with Crippen LogP contribution in [0.1, 0.15) is 24.8 Å². The van der Waals surface area contributed by atoms with Gasteiger partial charge in [0.25, 0.3) is 0 Å². The summed E-state index contributed by atoms with van der Waals surface area (Å²) >= 11 is 0. The molecule has 1 atom stereocenters. The third-order valence-corrected chi connectivity index (χ3v) is 8.31. The largest absolute Gasteiger partial charge is 0.341 e. The van der Waals surface area contributed by atoms with Crippen LogP contribution in [0.2, 0.25) is 0 Å². The van der Waals surface area contributed by atoms with Crippen molar-refractivity contribution in [1.82, 2.24) is 14.9 Å². The molecular weight excluding hydrogens is 479 g/mol. The minimum atomic E-state index is -3.47. The number of benzene rings is 2. The van der Waals surface area contributed by atoms with E-state index in [0.717, 1.165) is 49.4 Å². The number of rotatable bonds is 6. The van der Waals surface area contributed by atoms with E-state index in [2.05, 4.69) is 14.9 Å². The predicted molar refractivity (Wildman–Crippen MR) is 136 cm³/mol. The lowest BCUT2D eigenvalue weighted by atomic mass is 9.97. The first-order valence-electron chi connectivity index (χ1n) is 12.2. The lowest BCUT2D eigenvalue weighted by Crippen LogP contribution is -2.46. The lowest BCUT2D eigenvalue weighted by Gasteiger charge is -2.36. The quantitative estimate of drug-likeness (QED) is 0.504. The average molecular weight is 509 g/mol. The molecule has 0 N–H and O–H groups in total. The maximum atomic E-state index is 14.5. The van der Waals surface area contributed by atoms with Crippen molar-refractivity contribution in [3.05, 3.63) is 72.3 Å². The van der Waals surface area contributed by atoms with E-state index in [0.29, 0.717) is 24.5 Å². The van der Waals surface area contributed by atoms with Crippen molar-refractivity contribution >= 4 is 21.7 Å². The molecular formula is C27H29FN4O3S. The fraction of sp³-hybridized carbons (Fsp3) is 0.370. The fourth-order valence-corrected chi connectivity index (χ4v) is 5.78. The van der Waals surface area contributed by atoms with Gasteiger partial charge in [0.05, 0.1) is 4.90 Å². The molecule has 188 valence electrons. The third-order valence-electron chi connectivity index (χ3n) is 7.20. The normalized spacial score (nSPS) is 19.2. The van der Waals surface area contributed by atoms with Crippen molar-refractivity contribution in [1.29, 1.82) is 0 Å². The van der Waals surface area contributed by atoms with E-state index >= 15 is 0 Å². The number of hydrogen-bond donors (Lipinski definition) is 0. The minimum absolute atomic E-state index is 0.0476. The van der Waals surface area contributed by atoms with E-state index in [1.54, 1.807) is 0 Å². The molecule has 0 aliphatic carbocycles. The van der Waals surface area contributed by atoms with Crippen molar-refractivity contribution in [2.75, 3.05) is 30.8 Å². The number of likely N-dealkylation sites (tertiary alicyclic amines) is 1. The van der Waals surface area contributed by atoms with Crippen LogP contribution in [0.4, 0.5) is 10.3 Å². The molecule has 2 aliphatic heterocycles. The maximum Gasteiger partial charge on any atom is 0.226 e. The van der Waals surface area contributed by atoms with Crippen LogP contribution in [0.15, 0.2) is 65.8 Å². The van der Waals surface area contributed by atoms with Gasteiger partial charge in [-0.25, -0.2) is 22.8 Å². The van der Waals surface area contributed by atoms with Crippen molar-refractivity contribution in [2.45, 2.75) is 36.6 Å². The van der Waals surface area contributed by atoms with Crippen molar-refractivity contribution < 1.29 is 17.6 Å². The Hall–Kier alpha value is -3.33. The van der Waals surface area contributed by atoms with Crippen molar-refractivity contribution in [3.8, 4) is 11.1 Å². The van der Waals surface area contributed by atoms with Gasteiger partial charge in [-0.05, 0) is 48.9 Å². The number of nitrogens with zero attached hydrogens (tertiary/aromatic N) is 4. The standard InChI is InChI=1S/C27H29FN4O3S/c1-36(34,35)24-8-7-20(25(28)16-24)15-21-9-14-32(26(21)33)23-10-12-31(13-11-23)27-29-17-22(18-30-27)19-5-3-2-4-6-19/h2-8,16-18,21,23H,9-15H2,1H3/t21-/m1/s1. The van der Waals surface area contributed by atoms with Crippen LogP contribution >= 0.6 is 0 Å². The molecule has 0 radical (unpaired) electrons. The molecule has 5 rings (SSSR count). The number of carbonyl (C=O) groups is 1. The third kappa shape index (κ3) is 5.11. The average Bonchev–Trinajstić information content (AvgIpc) is 3.25. The van der Waals surface area contributed by atoms with E-state index in [9.17, 15) is 17.6 Å².